The van der Waals surface area contributed by atoms with E-state index in [0.717, 1.165) is 4.88 Å². The Balaban J connectivity index is 1.88. The number of hydrogen-bond acceptors (Lipinski definition) is 5. The first-order valence-corrected chi connectivity index (χ1v) is 6.77. The number of hydrogen-bond donors (Lipinski definition) is 0. The average molecular weight is 283 g/mol. The molecule has 0 saturated carbocycles. The molecule has 1 aliphatic heterocycles. The summed E-state index contributed by atoms with van der Waals surface area (Å²) in [6.45, 7) is -0.0371. The van der Waals surface area contributed by atoms with Gasteiger partial charge in [0.05, 0.1) is 5.56 Å². The number of nitriles is 1. The van der Waals surface area contributed by atoms with Crippen LogP contribution in [0, 0.1) is 11.3 Å². The van der Waals surface area contributed by atoms with E-state index in [-0.39, 0.29) is 12.4 Å². The van der Waals surface area contributed by atoms with Gasteiger partial charge in [0.15, 0.2) is 12.4 Å². The van der Waals surface area contributed by atoms with Crippen LogP contribution in [0.2, 0.25) is 0 Å². The monoisotopic (exact) mass is 283 g/mol. The Hall–Kier alpha value is -2.58. The van der Waals surface area contributed by atoms with E-state index < -0.39 is 0 Å². The zero-order chi connectivity index (χ0) is 13.9. The number of ether oxygens (including phenoxy) is 2. The van der Waals surface area contributed by atoms with E-state index in [1.807, 2.05) is 23.6 Å². The van der Waals surface area contributed by atoms with Gasteiger partial charge in [0.25, 0.3) is 0 Å². The standard InChI is InChI=1S/C15H9NO3S/c16-5-6-18-10-3-4-12-13(8-10)19-14(15(12)17)9-11-2-1-7-20-11/h1-4,7-9H,6H2/b14-9+. The highest BCUT2D eigenvalue weighted by molar-refractivity contribution is 7.10. The highest BCUT2D eigenvalue weighted by atomic mass is 32.1. The molecule has 0 spiro atoms. The van der Waals surface area contributed by atoms with E-state index >= 15 is 0 Å². The molecule has 0 fully saturated rings. The average Bonchev–Trinajstić information content (AvgIpc) is 3.06. The highest BCUT2D eigenvalue weighted by Crippen LogP contribution is 2.35. The number of rotatable bonds is 3. The molecule has 0 aliphatic carbocycles. The molecular formula is C15H9NO3S. The lowest BCUT2D eigenvalue weighted by atomic mass is 10.1. The maximum Gasteiger partial charge on any atom is 0.232 e. The summed E-state index contributed by atoms with van der Waals surface area (Å²) in [5.41, 5.74) is 0.511. The summed E-state index contributed by atoms with van der Waals surface area (Å²) in [7, 11) is 0. The third-order valence-electron chi connectivity index (χ3n) is 2.76. The Kier molecular flexibility index (Phi) is 3.23. The van der Waals surface area contributed by atoms with Crippen molar-refractivity contribution in [3.05, 3.63) is 51.9 Å². The summed E-state index contributed by atoms with van der Waals surface area (Å²) in [6.07, 6.45) is 1.73. The van der Waals surface area contributed by atoms with Crippen molar-refractivity contribution in [2.24, 2.45) is 0 Å². The van der Waals surface area contributed by atoms with Gasteiger partial charge in [-0.25, -0.2) is 0 Å². The Labute approximate surface area is 119 Å². The van der Waals surface area contributed by atoms with Gasteiger partial charge in [-0.1, -0.05) is 6.07 Å². The Morgan fingerprint density at radius 1 is 1.40 bits per heavy atom. The first-order chi connectivity index (χ1) is 9.78. The molecule has 3 rings (SSSR count). The summed E-state index contributed by atoms with van der Waals surface area (Å²) in [4.78, 5) is 13.1. The van der Waals surface area contributed by atoms with Crippen molar-refractivity contribution in [1.82, 2.24) is 0 Å². The SMILES string of the molecule is N#CCOc1ccc2c(c1)O/C(=C/c1cccs1)C2=O. The van der Waals surface area contributed by atoms with Crippen LogP contribution in [-0.2, 0) is 0 Å². The van der Waals surface area contributed by atoms with Gasteiger partial charge < -0.3 is 9.47 Å². The van der Waals surface area contributed by atoms with E-state index in [9.17, 15) is 4.79 Å². The number of Topliss-reactive ketones (excluding diaryl/α,β-unsaturated/α-hetero) is 1. The van der Waals surface area contributed by atoms with Crippen molar-refractivity contribution in [2.45, 2.75) is 0 Å². The normalized spacial score (nSPS) is 14.8. The molecule has 0 N–H and O–H groups in total. The lowest BCUT2D eigenvalue weighted by Gasteiger charge is -2.02. The minimum Gasteiger partial charge on any atom is -0.479 e. The number of benzene rings is 1. The van der Waals surface area contributed by atoms with Gasteiger partial charge in [-0.15, -0.1) is 11.3 Å². The second kappa shape index (κ2) is 5.19. The third-order valence-corrected chi connectivity index (χ3v) is 3.58. The first kappa shape index (κ1) is 12.5. The van der Waals surface area contributed by atoms with E-state index in [1.165, 1.54) is 11.3 Å². The zero-order valence-corrected chi connectivity index (χ0v) is 11.1. The van der Waals surface area contributed by atoms with Crippen LogP contribution in [0.1, 0.15) is 15.2 Å². The number of thiophene rings is 1. The van der Waals surface area contributed by atoms with Gasteiger partial charge in [-0.3, -0.25) is 4.79 Å². The van der Waals surface area contributed by atoms with Gasteiger partial charge in [0.1, 0.15) is 17.6 Å². The summed E-state index contributed by atoms with van der Waals surface area (Å²) >= 11 is 1.54. The van der Waals surface area contributed by atoms with Crippen molar-refractivity contribution >= 4 is 23.2 Å². The summed E-state index contributed by atoms with van der Waals surface area (Å²) in [6, 6.07) is 10.7. The smallest absolute Gasteiger partial charge is 0.232 e. The first-order valence-electron chi connectivity index (χ1n) is 5.89. The molecule has 0 bridgehead atoms. The minimum atomic E-state index is -0.139. The second-order valence-electron chi connectivity index (χ2n) is 4.06. The lowest BCUT2D eigenvalue weighted by Crippen LogP contribution is -1.97. The molecule has 1 aromatic carbocycles. The van der Waals surface area contributed by atoms with Crippen LogP contribution < -0.4 is 9.47 Å². The molecule has 0 saturated heterocycles. The number of nitrogens with zero attached hydrogens (tertiary/aromatic N) is 1. The van der Waals surface area contributed by atoms with Crippen LogP contribution in [0.5, 0.6) is 11.5 Å². The molecule has 5 heteroatoms. The molecule has 98 valence electrons. The summed E-state index contributed by atoms with van der Waals surface area (Å²) < 4.78 is 10.8. The fourth-order valence-electron chi connectivity index (χ4n) is 1.88. The predicted octanol–water partition coefficient (Wildman–Crippen LogP) is 3.27. The van der Waals surface area contributed by atoms with Crippen LogP contribution in [0.3, 0.4) is 0 Å². The highest BCUT2D eigenvalue weighted by Gasteiger charge is 2.27. The maximum atomic E-state index is 12.2. The molecule has 1 aliphatic rings. The topological polar surface area (TPSA) is 59.3 Å². The Bertz CT molecular complexity index is 726. The van der Waals surface area contributed by atoms with Crippen molar-refractivity contribution < 1.29 is 14.3 Å². The molecule has 1 aromatic heterocycles. The third kappa shape index (κ3) is 2.29. The fourth-order valence-corrected chi connectivity index (χ4v) is 2.52. The fraction of sp³-hybridized carbons (Fsp3) is 0.0667. The minimum absolute atomic E-state index is 0.0371. The molecule has 0 amide bonds. The van der Waals surface area contributed by atoms with Gasteiger partial charge in [0, 0.05) is 17.0 Å². The Morgan fingerprint density at radius 2 is 2.30 bits per heavy atom. The molecule has 20 heavy (non-hydrogen) atoms. The maximum absolute atomic E-state index is 12.2. The molecule has 0 atom stereocenters. The van der Waals surface area contributed by atoms with E-state index in [0.29, 0.717) is 22.8 Å². The number of fused-ring (bicyclic) bond motifs is 1. The number of carbonyl (C=O) groups excluding carboxylic acids is 1. The van der Waals surface area contributed by atoms with Gasteiger partial charge >= 0.3 is 0 Å². The van der Waals surface area contributed by atoms with Crippen LogP contribution in [0.25, 0.3) is 6.08 Å². The van der Waals surface area contributed by atoms with Crippen LogP contribution in [-0.4, -0.2) is 12.4 Å². The Morgan fingerprint density at radius 3 is 3.05 bits per heavy atom. The van der Waals surface area contributed by atoms with Gasteiger partial charge in [-0.05, 0) is 23.6 Å². The summed E-state index contributed by atoms with van der Waals surface area (Å²) in [5.74, 6) is 1.14. The summed E-state index contributed by atoms with van der Waals surface area (Å²) in [5, 5.41) is 10.4. The van der Waals surface area contributed by atoms with Crippen LogP contribution >= 0.6 is 11.3 Å². The van der Waals surface area contributed by atoms with E-state index in [1.54, 1.807) is 24.3 Å². The van der Waals surface area contributed by atoms with Crippen molar-refractivity contribution in [3.63, 3.8) is 0 Å². The molecule has 2 heterocycles. The predicted molar refractivity (Wildman–Crippen MR) is 74.8 cm³/mol. The van der Waals surface area contributed by atoms with Crippen molar-refractivity contribution in [2.75, 3.05) is 6.61 Å². The zero-order valence-electron chi connectivity index (χ0n) is 10.3. The quantitative estimate of drug-likeness (QED) is 0.811. The number of carbonyl (C=O) groups is 1. The largest absolute Gasteiger partial charge is 0.479 e. The van der Waals surface area contributed by atoms with Gasteiger partial charge in [-0.2, -0.15) is 5.26 Å². The van der Waals surface area contributed by atoms with Crippen molar-refractivity contribution in [3.8, 4) is 17.6 Å². The molecule has 0 radical (unpaired) electrons. The number of ketones is 1. The molecule has 2 aromatic rings. The van der Waals surface area contributed by atoms with Crippen molar-refractivity contribution in [1.29, 1.82) is 5.26 Å². The molecule has 4 nitrogen and oxygen atoms in total. The molecular weight excluding hydrogens is 274 g/mol. The van der Waals surface area contributed by atoms with E-state index in [2.05, 4.69) is 0 Å². The van der Waals surface area contributed by atoms with Crippen LogP contribution in [0.15, 0.2) is 41.5 Å². The number of allylic oxidation sites excluding steroid dienone is 1. The lowest BCUT2D eigenvalue weighted by molar-refractivity contribution is 0.101. The van der Waals surface area contributed by atoms with E-state index in [4.69, 9.17) is 14.7 Å². The second-order valence-corrected chi connectivity index (χ2v) is 5.04. The molecule has 0 unspecified atom stereocenters. The van der Waals surface area contributed by atoms with Gasteiger partial charge in [0.2, 0.25) is 5.78 Å². The van der Waals surface area contributed by atoms with Crippen LogP contribution in [0.4, 0.5) is 0 Å².